The van der Waals surface area contributed by atoms with Crippen LogP contribution in [0.1, 0.15) is 21.8 Å². The van der Waals surface area contributed by atoms with Crippen LogP contribution in [0.4, 0.5) is 13.2 Å². The molecule has 1 aliphatic rings. The van der Waals surface area contributed by atoms with Gasteiger partial charge in [-0.3, -0.25) is 9.59 Å². The van der Waals surface area contributed by atoms with E-state index >= 15 is 0 Å². The minimum atomic E-state index is -1.15. The van der Waals surface area contributed by atoms with E-state index in [1.165, 1.54) is 31.4 Å². The van der Waals surface area contributed by atoms with Crippen LogP contribution in [-0.4, -0.2) is 42.1 Å². The van der Waals surface area contributed by atoms with Crippen molar-refractivity contribution in [2.75, 3.05) is 20.2 Å². The molecule has 2 aromatic rings. The Kier molecular flexibility index (Phi) is 5.07. The summed E-state index contributed by atoms with van der Waals surface area (Å²) in [5.74, 6) is -6.66. The van der Waals surface area contributed by atoms with E-state index in [9.17, 15) is 27.9 Å². The fourth-order valence-electron chi connectivity index (χ4n) is 3.31. The Bertz CT molecular complexity index is 885. The molecule has 0 aliphatic carbocycles. The average molecular weight is 379 g/mol. The second-order valence-corrected chi connectivity index (χ2v) is 6.25. The Morgan fingerprint density at radius 1 is 1.07 bits per heavy atom. The minimum Gasteiger partial charge on any atom is -0.494 e. The van der Waals surface area contributed by atoms with Gasteiger partial charge in [0.05, 0.1) is 13.0 Å². The molecule has 8 heteroatoms. The van der Waals surface area contributed by atoms with Gasteiger partial charge in [-0.05, 0) is 29.8 Å². The van der Waals surface area contributed by atoms with Crippen molar-refractivity contribution in [1.29, 1.82) is 0 Å². The number of carbonyl (C=O) groups excluding carboxylic acids is 1. The molecule has 0 aromatic heterocycles. The molecule has 1 heterocycles. The highest BCUT2D eigenvalue weighted by molar-refractivity contribution is 5.96. The van der Waals surface area contributed by atoms with E-state index in [0.717, 1.165) is 17.0 Å². The van der Waals surface area contributed by atoms with Gasteiger partial charge in [-0.15, -0.1) is 0 Å². The summed E-state index contributed by atoms with van der Waals surface area (Å²) < 4.78 is 46.4. The summed E-state index contributed by atoms with van der Waals surface area (Å²) in [6.07, 6.45) is 0. The molecule has 5 nitrogen and oxygen atoms in total. The van der Waals surface area contributed by atoms with E-state index in [2.05, 4.69) is 0 Å². The Hall–Kier alpha value is -3.03. The number of carbonyl (C=O) groups is 2. The molecule has 3 rings (SSSR count). The normalized spacial score (nSPS) is 19.2. The molecule has 1 saturated heterocycles. The Morgan fingerprint density at radius 2 is 1.74 bits per heavy atom. The lowest BCUT2D eigenvalue weighted by atomic mass is 9.89. The highest BCUT2D eigenvalue weighted by Crippen LogP contribution is 2.35. The van der Waals surface area contributed by atoms with Crippen molar-refractivity contribution in [2.45, 2.75) is 5.92 Å². The predicted octanol–water partition coefficient (Wildman–Crippen LogP) is 3.05. The summed E-state index contributed by atoms with van der Waals surface area (Å²) in [6.45, 7) is -0.274. The molecule has 142 valence electrons. The van der Waals surface area contributed by atoms with Gasteiger partial charge in [0, 0.05) is 19.0 Å². The Morgan fingerprint density at radius 3 is 2.33 bits per heavy atom. The number of halogens is 3. The lowest BCUT2D eigenvalue weighted by Gasteiger charge is -2.18. The van der Waals surface area contributed by atoms with Crippen molar-refractivity contribution in [1.82, 2.24) is 4.90 Å². The van der Waals surface area contributed by atoms with Gasteiger partial charge in [-0.1, -0.05) is 12.1 Å². The van der Waals surface area contributed by atoms with Crippen LogP contribution in [0.3, 0.4) is 0 Å². The summed E-state index contributed by atoms with van der Waals surface area (Å²) >= 11 is 0. The van der Waals surface area contributed by atoms with Crippen molar-refractivity contribution in [3.63, 3.8) is 0 Å². The highest BCUT2D eigenvalue weighted by Gasteiger charge is 2.41. The third-order valence-corrected chi connectivity index (χ3v) is 4.71. The number of methoxy groups -OCH3 is 1. The monoisotopic (exact) mass is 379 g/mol. The average Bonchev–Trinajstić information content (AvgIpc) is 3.08. The molecule has 0 bridgehead atoms. The van der Waals surface area contributed by atoms with Gasteiger partial charge in [0.2, 0.25) is 0 Å². The Balaban J connectivity index is 1.93. The lowest BCUT2D eigenvalue weighted by Crippen LogP contribution is -2.31. The first kappa shape index (κ1) is 18.8. The van der Waals surface area contributed by atoms with Gasteiger partial charge in [0.25, 0.3) is 5.91 Å². The number of amides is 1. The summed E-state index contributed by atoms with van der Waals surface area (Å²) in [7, 11) is 1.19. The molecule has 0 saturated carbocycles. The van der Waals surface area contributed by atoms with Crippen LogP contribution in [0.2, 0.25) is 0 Å². The van der Waals surface area contributed by atoms with Gasteiger partial charge in [-0.25, -0.2) is 13.2 Å². The van der Waals surface area contributed by atoms with Gasteiger partial charge in [-0.2, -0.15) is 0 Å². The number of hydrogen-bond acceptors (Lipinski definition) is 3. The number of nitrogens with zero attached hydrogens (tertiary/aromatic N) is 1. The van der Waals surface area contributed by atoms with E-state index in [1.807, 2.05) is 0 Å². The van der Waals surface area contributed by atoms with Gasteiger partial charge >= 0.3 is 5.97 Å². The van der Waals surface area contributed by atoms with E-state index in [0.29, 0.717) is 5.56 Å². The van der Waals surface area contributed by atoms with Crippen LogP contribution in [0.5, 0.6) is 5.75 Å². The first-order valence-electron chi connectivity index (χ1n) is 8.13. The molecule has 0 spiro atoms. The maximum absolute atomic E-state index is 14.4. The summed E-state index contributed by atoms with van der Waals surface area (Å²) in [4.78, 5) is 25.4. The van der Waals surface area contributed by atoms with E-state index in [-0.39, 0.29) is 18.8 Å². The molecule has 1 fully saturated rings. The van der Waals surface area contributed by atoms with Crippen LogP contribution < -0.4 is 4.74 Å². The van der Waals surface area contributed by atoms with Crippen LogP contribution in [0, 0.1) is 23.4 Å². The second-order valence-electron chi connectivity index (χ2n) is 6.25. The van der Waals surface area contributed by atoms with Crippen LogP contribution in [0.15, 0.2) is 36.4 Å². The van der Waals surface area contributed by atoms with Crippen LogP contribution in [-0.2, 0) is 4.79 Å². The number of benzene rings is 2. The molecular formula is C19H16F3NO4. The van der Waals surface area contributed by atoms with Crippen molar-refractivity contribution < 1.29 is 32.6 Å². The zero-order valence-electron chi connectivity index (χ0n) is 14.3. The third kappa shape index (κ3) is 3.47. The number of carboxylic acid groups (broad SMARTS) is 1. The molecular weight excluding hydrogens is 363 g/mol. The lowest BCUT2D eigenvalue weighted by molar-refractivity contribution is -0.141. The summed E-state index contributed by atoms with van der Waals surface area (Å²) in [6, 6.07) is 7.25. The quantitative estimate of drug-likeness (QED) is 0.887. The minimum absolute atomic E-state index is 0.0580. The van der Waals surface area contributed by atoms with Crippen molar-refractivity contribution in [3.8, 4) is 5.75 Å². The van der Waals surface area contributed by atoms with Gasteiger partial charge in [0.15, 0.2) is 11.6 Å². The molecule has 27 heavy (non-hydrogen) atoms. The molecule has 0 unspecified atom stereocenters. The van der Waals surface area contributed by atoms with E-state index in [4.69, 9.17) is 4.74 Å². The summed E-state index contributed by atoms with van der Waals surface area (Å²) in [5.41, 5.74) is -0.260. The molecule has 1 N–H and O–H groups in total. The fraction of sp³-hybridized carbons (Fsp3) is 0.263. The first-order chi connectivity index (χ1) is 12.8. The maximum Gasteiger partial charge on any atom is 0.308 e. The molecule has 0 radical (unpaired) electrons. The molecule has 2 aromatic carbocycles. The Labute approximate surface area is 153 Å². The number of carboxylic acids is 1. The SMILES string of the molecule is COc1ccc(F)c(C(=O)N2C[C@@H](C(=O)O)[C@H](c3ccc(F)cc3)C2)c1F. The zero-order valence-corrected chi connectivity index (χ0v) is 14.3. The number of rotatable bonds is 4. The van der Waals surface area contributed by atoms with Crippen molar-refractivity contribution >= 4 is 11.9 Å². The van der Waals surface area contributed by atoms with Gasteiger partial charge in [0.1, 0.15) is 17.2 Å². The van der Waals surface area contributed by atoms with E-state index < -0.39 is 46.7 Å². The van der Waals surface area contributed by atoms with Gasteiger partial charge < -0.3 is 14.7 Å². The van der Waals surface area contributed by atoms with Crippen LogP contribution >= 0.6 is 0 Å². The molecule has 1 amide bonds. The predicted molar refractivity (Wildman–Crippen MR) is 89.1 cm³/mol. The topological polar surface area (TPSA) is 66.8 Å². The number of aliphatic carboxylic acids is 1. The number of likely N-dealkylation sites (tertiary alicyclic amines) is 1. The first-order valence-corrected chi connectivity index (χ1v) is 8.13. The highest BCUT2D eigenvalue weighted by atomic mass is 19.1. The third-order valence-electron chi connectivity index (χ3n) is 4.71. The molecule has 2 atom stereocenters. The number of ether oxygens (including phenoxy) is 1. The fourth-order valence-corrected chi connectivity index (χ4v) is 3.31. The standard InChI is InChI=1S/C19H16F3NO4/c1-27-15-7-6-14(21)16(17(15)22)18(24)23-8-12(13(9-23)19(25)26)10-2-4-11(20)5-3-10/h2-7,12-13H,8-9H2,1H3,(H,25,26)/t12-,13+/m0/s1. The zero-order chi connectivity index (χ0) is 19.7. The largest absolute Gasteiger partial charge is 0.494 e. The maximum atomic E-state index is 14.4. The van der Waals surface area contributed by atoms with Crippen molar-refractivity contribution in [3.05, 3.63) is 65.0 Å². The van der Waals surface area contributed by atoms with Crippen molar-refractivity contribution in [2.24, 2.45) is 5.92 Å². The smallest absolute Gasteiger partial charge is 0.308 e. The number of hydrogen-bond donors (Lipinski definition) is 1. The van der Waals surface area contributed by atoms with Crippen LogP contribution in [0.25, 0.3) is 0 Å². The second kappa shape index (κ2) is 7.30. The van der Waals surface area contributed by atoms with E-state index in [1.54, 1.807) is 0 Å². The summed E-state index contributed by atoms with van der Waals surface area (Å²) in [5, 5.41) is 9.48. The molecule has 1 aliphatic heterocycles.